The standard InChI is InChI=1S/C55H38N2/c1-4-17-39(18-5-1)55(40-19-6-2-7-20-40)47-26-13-10-25-44(47)54-48(55)27-16-30-53(54)57-50-29-15-12-24-43(50)46-36-38(32-34-52(46)57)37-31-33-51-45(35-37)42-23-11-14-28-49(42)56(51)41-21-8-3-9-22-41/h1-36,44,47H. The number of para-hydroxylation sites is 3. The number of aromatic nitrogens is 2. The maximum Gasteiger partial charge on any atom is 0.0541 e. The van der Waals surface area contributed by atoms with Crippen LogP contribution in [0.5, 0.6) is 0 Å². The lowest BCUT2D eigenvalue weighted by Gasteiger charge is -2.38. The zero-order valence-electron chi connectivity index (χ0n) is 31.3. The van der Waals surface area contributed by atoms with E-state index in [1.165, 1.54) is 88.4 Å². The van der Waals surface area contributed by atoms with Crippen LogP contribution < -0.4 is 0 Å². The zero-order chi connectivity index (χ0) is 37.5. The monoisotopic (exact) mass is 726 g/mol. The first-order valence-electron chi connectivity index (χ1n) is 20.0. The number of nitrogens with zero attached hydrogens (tertiary/aromatic N) is 2. The lowest BCUT2D eigenvalue weighted by molar-refractivity contribution is 0.456. The molecule has 2 atom stereocenters. The van der Waals surface area contributed by atoms with Crippen LogP contribution in [0.4, 0.5) is 0 Å². The lowest BCUT2D eigenvalue weighted by Crippen LogP contribution is -2.34. The Kier molecular flexibility index (Phi) is 7.00. The van der Waals surface area contributed by atoms with Crippen molar-refractivity contribution in [3.8, 4) is 22.5 Å². The van der Waals surface area contributed by atoms with Gasteiger partial charge in [-0.05, 0) is 88.0 Å². The highest BCUT2D eigenvalue weighted by Gasteiger charge is 2.53. The molecule has 2 aliphatic carbocycles. The molecule has 2 aliphatic rings. The highest BCUT2D eigenvalue weighted by atomic mass is 15.0. The van der Waals surface area contributed by atoms with Crippen LogP contribution in [0.1, 0.15) is 28.2 Å². The Labute approximate surface area is 331 Å². The van der Waals surface area contributed by atoms with Crippen LogP contribution in [0.2, 0.25) is 0 Å². The molecule has 0 radical (unpaired) electrons. The van der Waals surface area contributed by atoms with Crippen molar-refractivity contribution in [1.29, 1.82) is 0 Å². The van der Waals surface area contributed by atoms with E-state index in [4.69, 9.17) is 0 Å². The summed E-state index contributed by atoms with van der Waals surface area (Å²) in [6.07, 6.45) is 9.41. The van der Waals surface area contributed by atoms with E-state index in [0.717, 1.165) is 0 Å². The molecule has 2 nitrogen and oxygen atoms in total. The third-order valence-electron chi connectivity index (χ3n) is 12.9. The van der Waals surface area contributed by atoms with Crippen molar-refractivity contribution in [2.45, 2.75) is 11.3 Å². The molecule has 2 unspecified atom stereocenters. The Hall–Kier alpha value is -7.16. The molecule has 0 saturated heterocycles. The van der Waals surface area contributed by atoms with Gasteiger partial charge in [0.1, 0.15) is 0 Å². The molecule has 2 heterocycles. The highest BCUT2D eigenvalue weighted by molar-refractivity contribution is 6.12. The fraction of sp³-hybridized carbons (Fsp3) is 0.0545. The minimum Gasteiger partial charge on any atom is -0.309 e. The van der Waals surface area contributed by atoms with E-state index < -0.39 is 0 Å². The molecule has 2 heteroatoms. The molecule has 0 aliphatic heterocycles. The third-order valence-corrected chi connectivity index (χ3v) is 12.9. The van der Waals surface area contributed by atoms with Crippen molar-refractivity contribution in [1.82, 2.24) is 9.13 Å². The fourth-order valence-electron chi connectivity index (χ4n) is 10.6. The van der Waals surface area contributed by atoms with Gasteiger partial charge in [0, 0.05) is 39.1 Å². The zero-order valence-corrected chi connectivity index (χ0v) is 31.3. The molecule has 0 bridgehead atoms. The van der Waals surface area contributed by atoms with Gasteiger partial charge in [-0.25, -0.2) is 0 Å². The van der Waals surface area contributed by atoms with E-state index in [9.17, 15) is 0 Å². The van der Waals surface area contributed by atoms with Crippen molar-refractivity contribution in [3.05, 3.63) is 241 Å². The number of benzene rings is 8. The summed E-state index contributed by atoms with van der Waals surface area (Å²) in [6, 6.07) is 71.9. The molecular formula is C55H38N2. The van der Waals surface area contributed by atoms with E-state index in [-0.39, 0.29) is 17.3 Å². The van der Waals surface area contributed by atoms with E-state index in [2.05, 4.69) is 228 Å². The van der Waals surface area contributed by atoms with Crippen molar-refractivity contribution in [2.75, 3.05) is 0 Å². The maximum absolute atomic E-state index is 2.54. The highest BCUT2D eigenvalue weighted by Crippen LogP contribution is 2.61. The molecule has 12 rings (SSSR count). The van der Waals surface area contributed by atoms with Gasteiger partial charge in [-0.1, -0.05) is 164 Å². The second-order valence-electron chi connectivity index (χ2n) is 15.6. The summed E-state index contributed by atoms with van der Waals surface area (Å²) in [7, 11) is 0. The van der Waals surface area contributed by atoms with Crippen LogP contribution in [0, 0.1) is 5.92 Å². The third kappa shape index (κ3) is 4.53. The Morgan fingerprint density at radius 3 is 1.53 bits per heavy atom. The van der Waals surface area contributed by atoms with Crippen LogP contribution >= 0.6 is 0 Å². The SMILES string of the molecule is C1=CC2c3c(-n4c5ccccc5c5cc(-c6ccc7c(c6)c6ccccc6n7-c6ccccc6)ccc54)cccc3C(c3ccccc3)(c3ccccc3)C2C=C1. The van der Waals surface area contributed by atoms with E-state index in [1.807, 2.05) is 0 Å². The molecule has 0 amide bonds. The number of hydrogen-bond donors (Lipinski definition) is 0. The summed E-state index contributed by atoms with van der Waals surface area (Å²) in [5, 5.41) is 5.05. The largest absolute Gasteiger partial charge is 0.309 e. The average molecular weight is 727 g/mol. The van der Waals surface area contributed by atoms with Crippen molar-refractivity contribution < 1.29 is 0 Å². The van der Waals surface area contributed by atoms with Gasteiger partial charge in [0.05, 0.1) is 33.2 Å². The van der Waals surface area contributed by atoms with Gasteiger partial charge >= 0.3 is 0 Å². The fourth-order valence-corrected chi connectivity index (χ4v) is 10.6. The molecule has 0 fully saturated rings. The number of hydrogen-bond acceptors (Lipinski definition) is 0. The molecule has 2 aromatic heterocycles. The van der Waals surface area contributed by atoms with Gasteiger partial charge in [0.25, 0.3) is 0 Å². The maximum atomic E-state index is 2.54. The molecule has 0 saturated carbocycles. The van der Waals surface area contributed by atoms with E-state index in [0.29, 0.717) is 0 Å². The number of allylic oxidation sites excluding steroid dienone is 4. The predicted octanol–water partition coefficient (Wildman–Crippen LogP) is 13.7. The first-order valence-corrected chi connectivity index (χ1v) is 20.0. The van der Waals surface area contributed by atoms with Gasteiger partial charge in [-0.2, -0.15) is 0 Å². The lowest BCUT2D eigenvalue weighted by atomic mass is 9.63. The Morgan fingerprint density at radius 1 is 0.386 bits per heavy atom. The average Bonchev–Trinajstić information content (AvgIpc) is 3.91. The smallest absolute Gasteiger partial charge is 0.0541 e. The number of fused-ring (bicyclic) bond motifs is 9. The molecule has 57 heavy (non-hydrogen) atoms. The van der Waals surface area contributed by atoms with Crippen molar-refractivity contribution >= 4 is 43.6 Å². The molecule has 10 aromatic rings. The van der Waals surface area contributed by atoms with Gasteiger partial charge in [0.2, 0.25) is 0 Å². The van der Waals surface area contributed by atoms with Crippen molar-refractivity contribution in [3.63, 3.8) is 0 Å². The summed E-state index contributed by atoms with van der Waals surface area (Å²) < 4.78 is 4.93. The topological polar surface area (TPSA) is 9.86 Å². The Bertz CT molecular complexity index is 3200. The van der Waals surface area contributed by atoms with Gasteiger partial charge in [-0.3, -0.25) is 0 Å². The van der Waals surface area contributed by atoms with Gasteiger partial charge < -0.3 is 9.13 Å². The summed E-state index contributed by atoms with van der Waals surface area (Å²) in [5.41, 5.74) is 14.9. The normalized spacial score (nSPS) is 16.8. The molecule has 8 aromatic carbocycles. The van der Waals surface area contributed by atoms with Crippen LogP contribution in [-0.4, -0.2) is 9.13 Å². The summed E-state index contributed by atoms with van der Waals surface area (Å²) in [5.74, 6) is 0.438. The van der Waals surface area contributed by atoms with Crippen molar-refractivity contribution in [2.24, 2.45) is 5.92 Å². The quantitative estimate of drug-likeness (QED) is 0.167. The number of rotatable bonds is 5. The predicted molar refractivity (Wildman–Crippen MR) is 238 cm³/mol. The van der Waals surface area contributed by atoms with E-state index in [1.54, 1.807) is 0 Å². The van der Waals surface area contributed by atoms with Crippen LogP contribution in [0.3, 0.4) is 0 Å². The second-order valence-corrected chi connectivity index (χ2v) is 15.6. The van der Waals surface area contributed by atoms with Gasteiger partial charge in [0.15, 0.2) is 0 Å². The summed E-state index contributed by atoms with van der Waals surface area (Å²) in [4.78, 5) is 0. The molecule has 0 N–H and O–H groups in total. The second kappa shape index (κ2) is 12.4. The Balaban J connectivity index is 1.08. The van der Waals surface area contributed by atoms with Crippen LogP contribution in [0.15, 0.2) is 218 Å². The summed E-state index contributed by atoms with van der Waals surface area (Å²) >= 11 is 0. The van der Waals surface area contributed by atoms with Crippen LogP contribution in [-0.2, 0) is 5.41 Å². The molecule has 0 spiro atoms. The minimum absolute atomic E-state index is 0.210. The van der Waals surface area contributed by atoms with Gasteiger partial charge in [-0.15, -0.1) is 0 Å². The van der Waals surface area contributed by atoms with Crippen LogP contribution in [0.25, 0.3) is 66.1 Å². The summed E-state index contributed by atoms with van der Waals surface area (Å²) in [6.45, 7) is 0. The first kappa shape index (κ1) is 32.1. The minimum atomic E-state index is -0.339. The van der Waals surface area contributed by atoms with E-state index >= 15 is 0 Å². The Morgan fingerprint density at radius 2 is 0.895 bits per heavy atom. The molecule has 268 valence electrons. The molecular weight excluding hydrogens is 689 g/mol. The first-order chi connectivity index (χ1) is 28.3.